The number of hydrogen-bond donors (Lipinski definition) is 0. The normalized spacial score (nSPS) is 12.9. The first-order valence-corrected chi connectivity index (χ1v) is 9.31. The molecule has 0 fully saturated rings. The van der Waals surface area contributed by atoms with Crippen LogP contribution in [0.15, 0.2) is 46.0 Å². The maximum atomic E-state index is 14.5. The molecule has 2 aromatic carbocycles. The van der Waals surface area contributed by atoms with Crippen molar-refractivity contribution in [3.8, 4) is 0 Å². The molecule has 0 amide bonds. The summed E-state index contributed by atoms with van der Waals surface area (Å²) in [5.41, 5.74) is -9.83. The van der Waals surface area contributed by atoms with E-state index in [4.69, 9.17) is 0 Å². The molecule has 7 nitrogen and oxygen atoms in total. The van der Waals surface area contributed by atoms with Crippen molar-refractivity contribution in [2.75, 3.05) is 0 Å². The van der Waals surface area contributed by atoms with Crippen molar-refractivity contribution >= 4 is 16.6 Å². The molecule has 0 spiro atoms. The molecule has 34 heavy (non-hydrogen) atoms. The summed E-state index contributed by atoms with van der Waals surface area (Å²) in [4.78, 5) is 35.5. The third-order valence-electron chi connectivity index (χ3n) is 5.32. The zero-order valence-corrected chi connectivity index (χ0v) is 17.3. The number of alkyl halides is 7. The summed E-state index contributed by atoms with van der Waals surface area (Å²) in [5, 5.41) is 10.2. The smallest absolute Gasteiger partial charge is 0.289 e. The second-order valence-electron chi connectivity index (χ2n) is 7.50. The fraction of sp³-hybridized carbons (Fsp3) is 0.300. The molecule has 3 aromatic rings. The summed E-state index contributed by atoms with van der Waals surface area (Å²) in [6.45, 7) is 1.09. The Bertz CT molecular complexity index is 1410. The van der Waals surface area contributed by atoms with E-state index in [1.165, 1.54) is 19.1 Å². The predicted octanol–water partition coefficient (Wildman–Crippen LogP) is 4.25. The molecule has 182 valence electrons. The lowest BCUT2D eigenvalue weighted by Gasteiger charge is -2.30. The number of halogens is 7. The van der Waals surface area contributed by atoms with Crippen molar-refractivity contribution in [3.63, 3.8) is 0 Å². The Morgan fingerprint density at radius 2 is 1.53 bits per heavy atom. The molecule has 14 heteroatoms. The topological polar surface area (TPSA) is 87.1 Å². The number of nitro groups is 1. The van der Waals surface area contributed by atoms with Crippen LogP contribution in [0.5, 0.6) is 0 Å². The lowest BCUT2D eigenvalue weighted by Crippen LogP contribution is -2.50. The Balaban J connectivity index is 2.27. The molecule has 3 rings (SSSR count). The molecule has 0 saturated heterocycles. The average molecular weight is 493 g/mol. The van der Waals surface area contributed by atoms with E-state index in [1.54, 1.807) is 0 Å². The van der Waals surface area contributed by atoms with Gasteiger partial charge < -0.3 is 0 Å². The van der Waals surface area contributed by atoms with E-state index in [0.717, 1.165) is 17.7 Å². The molecule has 0 aliphatic rings. The monoisotopic (exact) mass is 493 g/mol. The minimum absolute atomic E-state index is 0.121. The van der Waals surface area contributed by atoms with Crippen LogP contribution in [0.3, 0.4) is 0 Å². The summed E-state index contributed by atoms with van der Waals surface area (Å²) in [7, 11) is 0.949. The zero-order chi connectivity index (χ0) is 25.8. The number of nitrogens with zero attached hydrogens (tertiary/aromatic N) is 3. The van der Waals surface area contributed by atoms with E-state index in [1.807, 2.05) is 0 Å². The van der Waals surface area contributed by atoms with Crippen LogP contribution in [-0.2, 0) is 19.3 Å². The van der Waals surface area contributed by atoms with Gasteiger partial charge in [-0.3, -0.25) is 24.0 Å². The molecule has 0 unspecified atom stereocenters. The highest BCUT2D eigenvalue weighted by Crippen LogP contribution is 2.53. The first-order valence-electron chi connectivity index (χ1n) is 9.31. The summed E-state index contributed by atoms with van der Waals surface area (Å²) in [5.74, 6) is 0. The number of fused-ring (bicyclic) bond motifs is 1. The highest BCUT2D eigenvalue weighted by molar-refractivity contribution is 5.79. The van der Waals surface area contributed by atoms with Crippen molar-refractivity contribution in [3.05, 3.63) is 84.0 Å². The average Bonchev–Trinajstić information content (AvgIpc) is 2.72. The number of aromatic nitrogens is 2. The minimum atomic E-state index is -6.38. The van der Waals surface area contributed by atoms with E-state index >= 15 is 0 Å². The van der Waals surface area contributed by atoms with Gasteiger partial charge in [0.2, 0.25) is 0 Å². The standard InChI is InChI=1S/C20H14F7N3O4/c1-10-7-11(3-5-14(10)30(33)34)9-29-15-6-4-12(8-13(15)16(31)28(2)17(29)32)18(21,19(22,23)24)20(25,26)27/h3-8H,9H2,1-2H3. The Hall–Kier alpha value is -3.71. The van der Waals surface area contributed by atoms with Crippen LogP contribution in [0.4, 0.5) is 36.4 Å². The van der Waals surface area contributed by atoms with Crippen molar-refractivity contribution in [2.45, 2.75) is 31.5 Å². The highest BCUT2D eigenvalue weighted by Gasteiger charge is 2.73. The second kappa shape index (κ2) is 7.95. The Morgan fingerprint density at radius 1 is 0.941 bits per heavy atom. The zero-order valence-electron chi connectivity index (χ0n) is 17.3. The van der Waals surface area contributed by atoms with Crippen molar-refractivity contribution < 1.29 is 35.7 Å². The molecule has 0 radical (unpaired) electrons. The third-order valence-corrected chi connectivity index (χ3v) is 5.32. The Morgan fingerprint density at radius 3 is 2.03 bits per heavy atom. The van der Waals surface area contributed by atoms with Crippen LogP contribution in [0, 0.1) is 17.0 Å². The molecule has 0 atom stereocenters. The van der Waals surface area contributed by atoms with E-state index in [9.17, 15) is 50.4 Å². The van der Waals surface area contributed by atoms with Crippen molar-refractivity contribution in [1.82, 2.24) is 9.13 Å². The summed E-state index contributed by atoms with van der Waals surface area (Å²) in [6, 6.07) is 4.76. The maximum Gasteiger partial charge on any atom is 0.435 e. The summed E-state index contributed by atoms with van der Waals surface area (Å²) >= 11 is 0. The van der Waals surface area contributed by atoms with Crippen LogP contribution in [-0.4, -0.2) is 26.4 Å². The van der Waals surface area contributed by atoms with Gasteiger partial charge in [-0.1, -0.05) is 12.1 Å². The molecule has 0 aliphatic heterocycles. The summed E-state index contributed by atoms with van der Waals surface area (Å²) < 4.78 is 94.7. The summed E-state index contributed by atoms with van der Waals surface area (Å²) in [6.07, 6.45) is -12.8. The van der Waals surface area contributed by atoms with E-state index < -0.39 is 45.1 Å². The van der Waals surface area contributed by atoms with Gasteiger partial charge in [0.1, 0.15) is 0 Å². The number of hydrogen-bond acceptors (Lipinski definition) is 4. The largest absolute Gasteiger partial charge is 0.435 e. The van der Waals surface area contributed by atoms with Crippen LogP contribution < -0.4 is 11.2 Å². The van der Waals surface area contributed by atoms with Gasteiger partial charge in [-0.15, -0.1) is 0 Å². The maximum absolute atomic E-state index is 14.5. The third kappa shape index (κ3) is 3.82. The minimum Gasteiger partial charge on any atom is -0.289 e. The van der Waals surface area contributed by atoms with Gasteiger partial charge in [-0.25, -0.2) is 9.18 Å². The fourth-order valence-electron chi connectivity index (χ4n) is 3.55. The van der Waals surface area contributed by atoms with Crippen LogP contribution in [0.2, 0.25) is 0 Å². The van der Waals surface area contributed by atoms with Gasteiger partial charge in [-0.2, -0.15) is 26.3 Å². The molecule has 0 saturated carbocycles. The lowest BCUT2D eigenvalue weighted by molar-refractivity contribution is -0.385. The van der Waals surface area contributed by atoms with Crippen LogP contribution >= 0.6 is 0 Å². The first-order chi connectivity index (χ1) is 15.5. The highest BCUT2D eigenvalue weighted by atomic mass is 19.4. The molecule has 1 aromatic heterocycles. The van der Waals surface area contributed by atoms with E-state index in [-0.39, 0.29) is 35.4 Å². The van der Waals surface area contributed by atoms with Crippen molar-refractivity contribution in [2.24, 2.45) is 7.05 Å². The van der Waals surface area contributed by atoms with Gasteiger partial charge in [0.15, 0.2) is 0 Å². The number of rotatable bonds is 4. The Kier molecular flexibility index (Phi) is 5.83. The Labute approximate surface area is 184 Å². The number of nitro benzene ring substituents is 1. The number of aryl methyl sites for hydroxylation is 1. The first kappa shape index (κ1) is 24.9. The predicted molar refractivity (Wildman–Crippen MR) is 105 cm³/mol. The van der Waals surface area contributed by atoms with Gasteiger partial charge in [0, 0.05) is 24.2 Å². The second-order valence-corrected chi connectivity index (χ2v) is 7.50. The quantitative estimate of drug-likeness (QED) is 0.309. The molecule has 0 N–H and O–H groups in total. The lowest BCUT2D eigenvalue weighted by atomic mass is 9.93. The van der Waals surface area contributed by atoms with Gasteiger partial charge >= 0.3 is 23.7 Å². The van der Waals surface area contributed by atoms with Gasteiger partial charge in [0.05, 0.1) is 22.4 Å². The number of benzene rings is 2. The van der Waals surface area contributed by atoms with Crippen LogP contribution in [0.1, 0.15) is 16.7 Å². The SMILES string of the molecule is Cc1cc(Cn2c(=O)n(C)c(=O)c3cc(C(F)(C(F)(F)F)C(F)(F)F)ccc32)ccc1[N+](=O)[O-]. The molecule has 0 bridgehead atoms. The van der Waals surface area contributed by atoms with Crippen LogP contribution in [0.25, 0.3) is 10.9 Å². The molecular weight excluding hydrogens is 479 g/mol. The van der Waals surface area contributed by atoms with E-state index in [2.05, 4.69) is 0 Å². The molecular formula is C20H14F7N3O4. The molecule has 1 heterocycles. The van der Waals surface area contributed by atoms with Crippen molar-refractivity contribution in [1.29, 1.82) is 0 Å². The molecule has 0 aliphatic carbocycles. The van der Waals surface area contributed by atoms with Gasteiger partial charge in [0.25, 0.3) is 11.2 Å². The van der Waals surface area contributed by atoms with Gasteiger partial charge in [-0.05, 0) is 30.7 Å². The fourth-order valence-corrected chi connectivity index (χ4v) is 3.55. The van der Waals surface area contributed by atoms with E-state index in [0.29, 0.717) is 16.2 Å².